The van der Waals surface area contributed by atoms with E-state index in [0.717, 1.165) is 15.4 Å². The summed E-state index contributed by atoms with van der Waals surface area (Å²) in [7, 11) is 0. The minimum absolute atomic E-state index is 0.628. The van der Waals surface area contributed by atoms with Crippen LogP contribution >= 0.6 is 23.1 Å². The zero-order valence-electron chi connectivity index (χ0n) is 8.66. The van der Waals surface area contributed by atoms with E-state index in [-0.39, 0.29) is 0 Å². The van der Waals surface area contributed by atoms with Crippen molar-refractivity contribution in [3.63, 3.8) is 0 Å². The number of oxazole rings is 1. The van der Waals surface area contributed by atoms with E-state index >= 15 is 0 Å². The summed E-state index contributed by atoms with van der Waals surface area (Å²) < 4.78 is 6.49. The second kappa shape index (κ2) is 4.34. The van der Waals surface area contributed by atoms with Gasteiger partial charge in [0.25, 0.3) is 0 Å². The average molecular weight is 264 g/mol. The minimum Gasteiger partial charge on any atom is -0.440 e. The molecule has 3 aromatic rings. The molecule has 0 aliphatic rings. The molecule has 17 heavy (non-hydrogen) atoms. The maximum Gasteiger partial charge on any atom is 0.206 e. The highest BCUT2D eigenvalue weighted by Gasteiger charge is 2.09. The van der Waals surface area contributed by atoms with Gasteiger partial charge in [-0.2, -0.15) is 0 Å². The number of fused-ring (bicyclic) bond motifs is 1. The molecule has 5 nitrogen and oxygen atoms in total. The number of nitrogens with two attached hydrogens (primary N) is 1. The van der Waals surface area contributed by atoms with E-state index in [1.165, 1.54) is 11.3 Å². The highest BCUT2D eigenvalue weighted by molar-refractivity contribution is 8.00. The SMILES string of the molecule is Nc1cccc2oc(CSc3nncs3)nc12. The van der Waals surface area contributed by atoms with Crippen LogP contribution in [0, 0.1) is 0 Å². The summed E-state index contributed by atoms with van der Waals surface area (Å²) in [4.78, 5) is 4.36. The van der Waals surface area contributed by atoms with E-state index in [9.17, 15) is 0 Å². The van der Waals surface area contributed by atoms with E-state index in [0.29, 0.717) is 17.3 Å². The molecule has 0 spiro atoms. The molecule has 0 unspecified atom stereocenters. The molecule has 1 aromatic carbocycles. The number of hydrogen-bond donors (Lipinski definition) is 1. The van der Waals surface area contributed by atoms with Crippen LogP contribution in [-0.2, 0) is 5.75 Å². The van der Waals surface area contributed by atoms with Gasteiger partial charge < -0.3 is 10.2 Å². The molecule has 0 bridgehead atoms. The average Bonchev–Trinajstić information content (AvgIpc) is 2.95. The monoisotopic (exact) mass is 264 g/mol. The summed E-state index contributed by atoms with van der Waals surface area (Å²) in [5, 5.41) is 7.71. The van der Waals surface area contributed by atoms with Crippen molar-refractivity contribution >= 4 is 39.9 Å². The molecule has 2 heterocycles. The van der Waals surface area contributed by atoms with E-state index in [4.69, 9.17) is 10.2 Å². The molecule has 0 radical (unpaired) electrons. The van der Waals surface area contributed by atoms with Gasteiger partial charge in [0.2, 0.25) is 5.89 Å². The Balaban J connectivity index is 1.84. The highest BCUT2D eigenvalue weighted by Crippen LogP contribution is 2.27. The Morgan fingerprint density at radius 3 is 3.12 bits per heavy atom. The summed E-state index contributed by atoms with van der Waals surface area (Å²) in [6.07, 6.45) is 0. The van der Waals surface area contributed by atoms with E-state index < -0.39 is 0 Å². The van der Waals surface area contributed by atoms with Crippen molar-refractivity contribution in [1.82, 2.24) is 15.2 Å². The lowest BCUT2D eigenvalue weighted by Crippen LogP contribution is -1.85. The second-order valence-corrected chi connectivity index (χ2v) is 5.35. The van der Waals surface area contributed by atoms with Crippen LogP contribution in [0.4, 0.5) is 5.69 Å². The number of aromatic nitrogens is 3. The first-order valence-electron chi connectivity index (χ1n) is 4.86. The largest absolute Gasteiger partial charge is 0.440 e. The first-order chi connectivity index (χ1) is 8.33. The second-order valence-electron chi connectivity index (χ2n) is 3.29. The van der Waals surface area contributed by atoms with E-state index in [2.05, 4.69) is 15.2 Å². The smallest absolute Gasteiger partial charge is 0.206 e. The third-order valence-electron chi connectivity index (χ3n) is 2.15. The summed E-state index contributed by atoms with van der Waals surface area (Å²) in [5.41, 5.74) is 9.59. The number of rotatable bonds is 3. The lowest BCUT2D eigenvalue weighted by molar-refractivity contribution is 0.556. The van der Waals surface area contributed by atoms with Crippen molar-refractivity contribution in [2.24, 2.45) is 0 Å². The van der Waals surface area contributed by atoms with Crippen molar-refractivity contribution in [1.29, 1.82) is 0 Å². The van der Waals surface area contributed by atoms with Gasteiger partial charge in [-0.25, -0.2) is 4.98 Å². The Morgan fingerprint density at radius 1 is 1.41 bits per heavy atom. The third kappa shape index (κ3) is 2.11. The molecular formula is C10H8N4OS2. The molecule has 0 aliphatic heterocycles. The van der Waals surface area contributed by atoms with Gasteiger partial charge in [0, 0.05) is 0 Å². The number of anilines is 1. The Bertz CT molecular complexity index is 635. The fourth-order valence-corrected chi connectivity index (χ4v) is 2.76. The number of hydrogen-bond acceptors (Lipinski definition) is 7. The molecule has 2 N–H and O–H groups in total. The van der Waals surface area contributed by atoms with Crippen molar-refractivity contribution < 1.29 is 4.42 Å². The minimum atomic E-state index is 0.628. The lowest BCUT2D eigenvalue weighted by Gasteiger charge is -1.89. The molecule has 3 rings (SSSR count). The Hall–Kier alpha value is -1.60. The molecular weight excluding hydrogens is 256 g/mol. The number of nitrogens with zero attached hydrogens (tertiary/aromatic N) is 3. The van der Waals surface area contributed by atoms with Gasteiger partial charge in [-0.3, -0.25) is 0 Å². The normalized spacial score (nSPS) is 11.1. The zero-order chi connectivity index (χ0) is 11.7. The van der Waals surface area contributed by atoms with Crippen LogP contribution in [0.5, 0.6) is 0 Å². The number of thioether (sulfide) groups is 1. The van der Waals surface area contributed by atoms with Gasteiger partial charge in [-0.05, 0) is 12.1 Å². The Labute approximate surface area is 105 Å². The maximum atomic E-state index is 5.81. The Kier molecular flexibility index (Phi) is 2.69. The van der Waals surface area contributed by atoms with Crippen molar-refractivity contribution in [3.05, 3.63) is 29.6 Å². The quantitative estimate of drug-likeness (QED) is 0.578. The van der Waals surface area contributed by atoms with Gasteiger partial charge >= 0.3 is 0 Å². The molecule has 0 saturated heterocycles. The number of para-hydroxylation sites is 1. The summed E-state index contributed by atoms with van der Waals surface area (Å²) in [5.74, 6) is 1.28. The van der Waals surface area contributed by atoms with Crippen molar-refractivity contribution in [2.75, 3.05) is 5.73 Å². The summed E-state index contributed by atoms with van der Waals surface area (Å²) in [6, 6.07) is 5.52. The molecule has 0 aliphatic carbocycles. The van der Waals surface area contributed by atoms with Gasteiger partial charge in [0.05, 0.1) is 11.4 Å². The van der Waals surface area contributed by atoms with Crippen molar-refractivity contribution in [2.45, 2.75) is 10.1 Å². The fourth-order valence-electron chi connectivity index (χ4n) is 1.43. The van der Waals surface area contributed by atoms with E-state index in [1.807, 2.05) is 18.2 Å². The van der Waals surface area contributed by atoms with Crippen LogP contribution < -0.4 is 5.73 Å². The predicted molar refractivity (Wildman–Crippen MR) is 67.9 cm³/mol. The van der Waals surface area contributed by atoms with Crippen LogP contribution in [0.25, 0.3) is 11.1 Å². The fraction of sp³-hybridized carbons (Fsp3) is 0.100. The van der Waals surface area contributed by atoms with Crippen LogP contribution in [0.15, 0.2) is 32.5 Å². The number of benzene rings is 1. The highest BCUT2D eigenvalue weighted by atomic mass is 32.2. The molecule has 0 atom stereocenters. The topological polar surface area (TPSA) is 77.8 Å². The van der Waals surface area contributed by atoms with Crippen LogP contribution in [0.1, 0.15) is 5.89 Å². The van der Waals surface area contributed by atoms with Gasteiger partial charge in [-0.1, -0.05) is 29.2 Å². The van der Waals surface area contributed by atoms with E-state index in [1.54, 1.807) is 17.3 Å². The molecule has 0 saturated carbocycles. The first-order valence-corrected chi connectivity index (χ1v) is 6.72. The van der Waals surface area contributed by atoms with Crippen LogP contribution in [0.2, 0.25) is 0 Å². The Morgan fingerprint density at radius 2 is 2.35 bits per heavy atom. The lowest BCUT2D eigenvalue weighted by atomic mass is 10.3. The van der Waals surface area contributed by atoms with Crippen molar-refractivity contribution in [3.8, 4) is 0 Å². The van der Waals surface area contributed by atoms with Gasteiger partial charge in [-0.15, -0.1) is 10.2 Å². The third-order valence-corrected chi connectivity index (χ3v) is 4.00. The van der Waals surface area contributed by atoms with Gasteiger partial charge in [0.1, 0.15) is 11.0 Å². The zero-order valence-corrected chi connectivity index (χ0v) is 10.3. The van der Waals surface area contributed by atoms with Crippen LogP contribution in [-0.4, -0.2) is 15.2 Å². The summed E-state index contributed by atoms with van der Waals surface area (Å²) >= 11 is 3.05. The maximum absolute atomic E-state index is 5.81. The molecule has 7 heteroatoms. The molecule has 0 fully saturated rings. The van der Waals surface area contributed by atoms with Crippen LogP contribution in [0.3, 0.4) is 0 Å². The molecule has 0 amide bonds. The molecule has 2 aromatic heterocycles. The van der Waals surface area contributed by atoms with Gasteiger partial charge in [0.15, 0.2) is 9.92 Å². The number of nitrogen functional groups attached to an aromatic ring is 1. The molecule has 86 valence electrons. The first kappa shape index (κ1) is 10.5. The predicted octanol–water partition coefficient (Wildman–Crippen LogP) is 2.55. The summed E-state index contributed by atoms with van der Waals surface area (Å²) in [6.45, 7) is 0. The standard InChI is InChI=1S/C10H8N4OS2/c11-6-2-1-3-7-9(6)13-8(15-7)4-16-10-14-12-5-17-10/h1-3,5H,4,11H2.